The number of amides is 1. The van der Waals surface area contributed by atoms with Crippen molar-refractivity contribution in [2.75, 3.05) is 50.2 Å². The van der Waals surface area contributed by atoms with E-state index in [1.807, 2.05) is 24.3 Å². The molecule has 1 amide bonds. The highest BCUT2D eigenvalue weighted by Gasteiger charge is 2.39. The molecule has 2 aliphatic rings. The number of anilines is 2. The molecule has 0 radical (unpaired) electrons. The molecule has 2 heterocycles. The van der Waals surface area contributed by atoms with Crippen molar-refractivity contribution in [1.82, 2.24) is 4.90 Å². The quantitative estimate of drug-likeness (QED) is 0.692. The minimum atomic E-state index is -0.356. The monoisotopic (exact) mass is 436 g/mol. The van der Waals surface area contributed by atoms with Gasteiger partial charge in [0.15, 0.2) is 11.5 Å². The van der Waals surface area contributed by atoms with Crippen LogP contribution < -0.4 is 19.3 Å². The van der Waals surface area contributed by atoms with Crippen LogP contribution in [0.5, 0.6) is 11.5 Å². The van der Waals surface area contributed by atoms with Gasteiger partial charge in [-0.2, -0.15) is 0 Å². The smallest absolute Gasteiger partial charge is 0.258 e. The van der Waals surface area contributed by atoms with E-state index in [4.69, 9.17) is 14.5 Å². The number of guanidine groups is 1. The van der Waals surface area contributed by atoms with Crippen molar-refractivity contribution in [2.24, 2.45) is 10.9 Å². The molecule has 1 atom stereocenters. The lowest BCUT2D eigenvalue weighted by molar-refractivity contribution is -0.118. The van der Waals surface area contributed by atoms with Crippen LogP contribution in [-0.4, -0.2) is 63.2 Å². The van der Waals surface area contributed by atoms with E-state index in [-0.39, 0.29) is 11.9 Å². The van der Waals surface area contributed by atoms with E-state index in [0.29, 0.717) is 17.4 Å². The minimum Gasteiger partial charge on any atom is -0.493 e. The average molecular weight is 437 g/mol. The van der Waals surface area contributed by atoms with Crippen molar-refractivity contribution in [2.45, 2.75) is 26.3 Å². The Morgan fingerprint density at radius 2 is 1.56 bits per heavy atom. The number of piperazine rings is 1. The summed E-state index contributed by atoms with van der Waals surface area (Å²) in [7, 11) is 3.21. The summed E-state index contributed by atoms with van der Waals surface area (Å²) in [5.74, 6) is 2.37. The van der Waals surface area contributed by atoms with E-state index in [0.717, 1.165) is 44.2 Å². The van der Waals surface area contributed by atoms with Crippen LogP contribution in [0.2, 0.25) is 0 Å². The first kappa shape index (κ1) is 22.0. The molecule has 170 valence electrons. The van der Waals surface area contributed by atoms with E-state index < -0.39 is 0 Å². The van der Waals surface area contributed by atoms with Crippen molar-refractivity contribution >= 4 is 23.2 Å². The summed E-state index contributed by atoms with van der Waals surface area (Å²) in [6, 6.07) is 15.7. The Morgan fingerprint density at radius 3 is 2.19 bits per heavy atom. The van der Waals surface area contributed by atoms with Gasteiger partial charge in [0, 0.05) is 37.9 Å². The van der Waals surface area contributed by atoms with Gasteiger partial charge in [-0.15, -0.1) is 0 Å². The average Bonchev–Trinajstić information content (AvgIpc) is 3.14. The topological polar surface area (TPSA) is 57.6 Å². The zero-order valence-electron chi connectivity index (χ0n) is 19.3. The number of nitrogens with zero attached hydrogens (tertiary/aromatic N) is 4. The summed E-state index contributed by atoms with van der Waals surface area (Å²) in [6.45, 7) is 7.62. The molecule has 32 heavy (non-hydrogen) atoms. The van der Waals surface area contributed by atoms with Crippen molar-refractivity contribution in [1.29, 1.82) is 0 Å². The van der Waals surface area contributed by atoms with Gasteiger partial charge in [0.1, 0.15) is 6.04 Å². The van der Waals surface area contributed by atoms with Crippen LogP contribution in [0.25, 0.3) is 0 Å². The van der Waals surface area contributed by atoms with Crippen LogP contribution in [-0.2, 0) is 4.79 Å². The Morgan fingerprint density at radius 1 is 0.906 bits per heavy atom. The minimum absolute atomic E-state index is 0.0198. The third-order valence-electron chi connectivity index (χ3n) is 5.98. The lowest BCUT2D eigenvalue weighted by atomic mass is 10.0. The van der Waals surface area contributed by atoms with E-state index in [9.17, 15) is 4.79 Å². The number of hydrogen-bond donors (Lipinski definition) is 0. The van der Waals surface area contributed by atoms with Crippen LogP contribution in [0.3, 0.4) is 0 Å². The highest BCUT2D eigenvalue weighted by molar-refractivity contribution is 6.22. The van der Waals surface area contributed by atoms with Gasteiger partial charge in [0.2, 0.25) is 5.96 Å². The van der Waals surface area contributed by atoms with Crippen molar-refractivity contribution in [3.63, 3.8) is 0 Å². The molecule has 7 nitrogen and oxygen atoms in total. The van der Waals surface area contributed by atoms with E-state index >= 15 is 0 Å². The fourth-order valence-electron chi connectivity index (χ4n) is 4.33. The number of rotatable bonds is 6. The predicted molar refractivity (Wildman–Crippen MR) is 128 cm³/mol. The van der Waals surface area contributed by atoms with Gasteiger partial charge >= 0.3 is 0 Å². The maximum atomic E-state index is 13.4. The number of benzene rings is 2. The molecule has 0 saturated carbocycles. The number of methoxy groups -OCH3 is 2. The van der Waals surface area contributed by atoms with E-state index in [1.165, 1.54) is 5.69 Å². The zero-order valence-corrected chi connectivity index (χ0v) is 19.3. The lowest BCUT2D eigenvalue weighted by Crippen LogP contribution is -2.53. The second-order valence-electron chi connectivity index (χ2n) is 8.60. The molecule has 0 aromatic heterocycles. The van der Waals surface area contributed by atoms with Crippen LogP contribution >= 0.6 is 0 Å². The SMILES string of the molecule is COc1ccc(N2C(=O)C(CC(C)C)N=C2N2CCN(c3ccccc3)CC2)cc1OC. The Balaban J connectivity index is 1.59. The Bertz CT molecular complexity index is 968. The van der Waals surface area contributed by atoms with Gasteiger partial charge in [0.05, 0.1) is 19.9 Å². The molecule has 4 rings (SSSR count). The number of carbonyl (C=O) groups is 1. The molecular formula is C25H32N4O3. The zero-order chi connectivity index (χ0) is 22.7. The van der Waals surface area contributed by atoms with Crippen molar-refractivity contribution < 1.29 is 14.3 Å². The maximum absolute atomic E-state index is 13.4. The third-order valence-corrected chi connectivity index (χ3v) is 5.98. The lowest BCUT2D eigenvalue weighted by Gasteiger charge is -2.38. The fourth-order valence-corrected chi connectivity index (χ4v) is 4.33. The summed E-state index contributed by atoms with van der Waals surface area (Å²) >= 11 is 0. The van der Waals surface area contributed by atoms with Gasteiger partial charge in [-0.25, -0.2) is 9.89 Å². The van der Waals surface area contributed by atoms with Crippen molar-refractivity contribution in [3.8, 4) is 11.5 Å². The Kier molecular flexibility index (Phi) is 6.53. The molecular weight excluding hydrogens is 404 g/mol. The van der Waals surface area contributed by atoms with Crippen LogP contribution in [0, 0.1) is 5.92 Å². The Hall–Kier alpha value is -3.22. The number of para-hydroxylation sites is 1. The molecule has 1 fully saturated rings. The summed E-state index contributed by atoms with van der Waals surface area (Å²) in [4.78, 5) is 24.7. The second kappa shape index (κ2) is 9.51. The highest BCUT2D eigenvalue weighted by Crippen LogP contribution is 2.34. The number of ether oxygens (including phenoxy) is 2. The molecule has 0 N–H and O–H groups in total. The first-order chi connectivity index (χ1) is 15.5. The standard InChI is InChI=1S/C25H32N4O3/c1-18(2)16-21-24(30)29(20-10-11-22(31-3)23(17-20)32-4)25(26-21)28-14-12-27(13-15-28)19-8-6-5-7-9-19/h5-11,17-18,21H,12-16H2,1-4H3. The van der Waals surface area contributed by atoms with Gasteiger partial charge in [0.25, 0.3) is 5.91 Å². The highest BCUT2D eigenvalue weighted by atomic mass is 16.5. The molecule has 0 aliphatic carbocycles. The molecule has 0 spiro atoms. The summed E-state index contributed by atoms with van der Waals surface area (Å²) in [6.07, 6.45) is 0.732. The van der Waals surface area contributed by atoms with E-state index in [1.54, 1.807) is 19.1 Å². The predicted octanol–water partition coefficient (Wildman–Crippen LogP) is 3.64. The molecule has 7 heteroatoms. The number of aliphatic imine (C=N–C) groups is 1. The van der Waals surface area contributed by atoms with Gasteiger partial charge < -0.3 is 19.3 Å². The van der Waals surface area contributed by atoms with Crippen LogP contribution in [0.4, 0.5) is 11.4 Å². The molecule has 1 unspecified atom stereocenters. The van der Waals surface area contributed by atoms with E-state index in [2.05, 4.69) is 47.9 Å². The maximum Gasteiger partial charge on any atom is 0.258 e. The first-order valence-electron chi connectivity index (χ1n) is 11.2. The summed E-state index contributed by atoms with van der Waals surface area (Å²) < 4.78 is 10.9. The normalized spacial score (nSPS) is 18.9. The third kappa shape index (κ3) is 4.38. The molecule has 0 bridgehead atoms. The molecule has 2 aromatic carbocycles. The molecule has 2 aromatic rings. The second-order valence-corrected chi connectivity index (χ2v) is 8.60. The van der Waals surface area contributed by atoms with Gasteiger partial charge in [-0.3, -0.25) is 4.79 Å². The van der Waals surface area contributed by atoms with Crippen molar-refractivity contribution in [3.05, 3.63) is 48.5 Å². The Labute approximate surface area is 190 Å². The number of hydrogen-bond acceptors (Lipinski definition) is 6. The molecule has 2 aliphatic heterocycles. The van der Waals surface area contributed by atoms with Gasteiger partial charge in [-0.05, 0) is 36.6 Å². The summed E-state index contributed by atoms with van der Waals surface area (Å²) in [5, 5.41) is 0. The largest absolute Gasteiger partial charge is 0.493 e. The van der Waals surface area contributed by atoms with Gasteiger partial charge in [-0.1, -0.05) is 32.0 Å². The first-order valence-corrected chi connectivity index (χ1v) is 11.2. The van der Waals surface area contributed by atoms with Crippen LogP contribution in [0.15, 0.2) is 53.5 Å². The summed E-state index contributed by atoms with van der Waals surface area (Å²) in [5.41, 5.74) is 1.98. The molecule has 1 saturated heterocycles. The van der Waals surface area contributed by atoms with Crippen LogP contribution in [0.1, 0.15) is 20.3 Å². The fraction of sp³-hybridized carbons (Fsp3) is 0.440. The number of carbonyl (C=O) groups excluding carboxylic acids is 1.